The van der Waals surface area contributed by atoms with Crippen LogP contribution in [0, 0.1) is 0 Å². The van der Waals surface area contributed by atoms with E-state index in [4.69, 9.17) is 31.2 Å². The molecule has 0 bridgehead atoms. The van der Waals surface area contributed by atoms with E-state index in [9.17, 15) is 4.79 Å². The molecule has 168 valence electrons. The van der Waals surface area contributed by atoms with Gasteiger partial charge in [0.25, 0.3) is 5.89 Å². The van der Waals surface area contributed by atoms with E-state index in [1.165, 1.54) is 10.2 Å². The standard InChI is InChI=1S/C23H25ClN4O4/c1-14(15-5-3-2-4-6-15)27-9-7-16(8-10-27)28-23(29)32-22(26-28)17-13-18(24)19(25)21-20(17)30-11-12-31-21/h2-6,13-14,16H,7-12,25H2,1H3. The van der Waals surface area contributed by atoms with Crippen LogP contribution in [-0.2, 0) is 0 Å². The lowest BCUT2D eigenvalue weighted by molar-refractivity contribution is 0.136. The predicted molar refractivity (Wildman–Crippen MR) is 121 cm³/mol. The Labute approximate surface area is 190 Å². The number of piperidine rings is 1. The van der Waals surface area contributed by atoms with Gasteiger partial charge in [0.15, 0.2) is 11.5 Å². The fourth-order valence-corrected chi connectivity index (χ4v) is 4.64. The quantitative estimate of drug-likeness (QED) is 0.594. The first-order valence-electron chi connectivity index (χ1n) is 10.8. The summed E-state index contributed by atoms with van der Waals surface area (Å²) < 4.78 is 18.3. The number of fused-ring (bicyclic) bond motifs is 1. The molecule has 3 aromatic rings. The highest BCUT2D eigenvalue weighted by Crippen LogP contribution is 2.46. The molecule has 2 aliphatic heterocycles. The molecule has 8 nitrogen and oxygen atoms in total. The van der Waals surface area contributed by atoms with Crippen LogP contribution in [-0.4, -0.2) is 41.0 Å². The minimum Gasteiger partial charge on any atom is -0.485 e. The number of hydrogen-bond acceptors (Lipinski definition) is 7. The van der Waals surface area contributed by atoms with Crippen molar-refractivity contribution in [2.24, 2.45) is 0 Å². The van der Waals surface area contributed by atoms with Crippen LogP contribution in [0.3, 0.4) is 0 Å². The van der Waals surface area contributed by atoms with Gasteiger partial charge in [0.2, 0.25) is 0 Å². The van der Waals surface area contributed by atoms with Crippen LogP contribution in [0.2, 0.25) is 5.02 Å². The van der Waals surface area contributed by atoms with Crippen LogP contribution in [0.4, 0.5) is 5.69 Å². The first-order valence-corrected chi connectivity index (χ1v) is 11.2. The Morgan fingerprint density at radius 3 is 2.53 bits per heavy atom. The number of nitrogens with zero attached hydrogens (tertiary/aromatic N) is 3. The molecule has 0 aliphatic carbocycles. The van der Waals surface area contributed by atoms with Crippen molar-refractivity contribution in [1.29, 1.82) is 0 Å². The zero-order valence-electron chi connectivity index (χ0n) is 17.8. The fraction of sp³-hybridized carbons (Fsp3) is 0.391. The van der Waals surface area contributed by atoms with E-state index >= 15 is 0 Å². The van der Waals surface area contributed by atoms with Crippen molar-refractivity contribution in [3.8, 4) is 23.0 Å². The summed E-state index contributed by atoms with van der Waals surface area (Å²) in [6.45, 7) is 4.69. The number of anilines is 1. The summed E-state index contributed by atoms with van der Waals surface area (Å²) in [5.74, 6) is 0.420. The van der Waals surface area contributed by atoms with Crippen LogP contribution < -0.4 is 21.0 Å². The number of aromatic nitrogens is 2. The van der Waals surface area contributed by atoms with Gasteiger partial charge in [-0.2, -0.15) is 4.68 Å². The summed E-state index contributed by atoms with van der Waals surface area (Å²) in [6, 6.07) is 12.3. The second-order valence-corrected chi connectivity index (χ2v) is 8.55. The molecule has 5 rings (SSSR count). The van der Waals surface area contributed by atoms with E-state index in [1.54, 1.807) is 6.07 Å². The number of rotatable bonds is 4. The maximum atomic E-state index is 12.7. The van der Waals surface area contributed by atoms with Gasteiger partial charge in [-0.05, 0) is 31.4 Å². The maximum Gasteiger partial charge on any atom is 0.437 e. The lowest BCUT2D eigenvalue weighted by Gasteiger charge is -2.35. The number of nitrogens with two attached hydrogens (primary N) is 1. The number of nitrogen functional groups attached to an aromatic ring is 1. The first-order chi connectivity index (χ1) is 15.5. The predicted octanol–water partition coefficient (Wildman–Crippen LogP) is 3.91. The third-order valence-electron chi connectivity index (χ3n) is 6.27. The molecule has 9 heteroatoms. The highest BCUT2D eigenvalue weighted by atomic mass is 35.5. The number of halogens is 1. The molecule has 32 heavy (non-hydrogen) atoms. The van der Waals surface area contributed by atoms with Crippen LogP contribution in [0.5, 0.6) is 11.5 Å². The van der Waals surface area contributed by atoms with E-state index in [0.29, 0.717) is 47.0 Å². The molecule has 1 unspecified atom stereocenters. The molecule has 1 saturated heterocycles. The number of benzene rings is 2. The Morgan fingerprint density at radius 1 is 1.12 bits per heavy atom. The van der Waals surface area contributed by atoms with E-state index < -0.39 is 5.76 Å². The van der Waals surface area contributed by atoms with Gasteiger partial charge in [0.1, 0.15) is 13.2 Å². The van der Waals surface area contributed by atoms with Gasteiger partial charge in [-0.15, -0.1) is 5.10 Å². The Balaban J connectivity index is 1.37. The Hall–Kier alpha value is -2.97. The monoisotopic (exact) mass is 456 g/mol. The Bertz CT molecular complexity index is 1170. The summed E-state index contributed by atoms with van der Waals surface area (Å²) in [5, 5.41) is 4.79. The minimum absolute atomic E-state index is 0.0310. The molecular formula is C23H25ClN4O4. The van der Waals surface area contributed by atoms with Gasteiger partial charge in [0, 0.05) is 19.1 Å². The van der Waals surface area contributed by atoms with Crippen molar-refractivity contribution >= 4 is 17.3 Å². The van der Waals surface area contributed by atoms with Crippen LogP contribution >= 0.6 is 11.6 Å². The molecule has 1 aromatic heterocycles. The average Bonchev–Trinajstić information content (AvgIpc) is 3.23. The van der Waals surface area contributed by atoms with Crippen molar-refractivity contribution < 1.29 is 13.9 Å². The van der Waals surface area contributed by atoms with Crippen LogP contribution in [0.25, 0.3) is 11.5 Å². The van der Waals surface area contributed by atoms with Crippen molar-refractivity contribution in [1.82, 2.24) is 14.7 Å². The molecule has 0 amide bonds. The Kier molecular flexibility index (Phi) is 5.57. The fourth-order valence-electron chi connectivity index (χ4n) is 4.44. The second-order valence-electron chi connectivity index (χ2n) is 8.15. The van der Waals surface area contributed by atoms with Crippen molar-refractivity contribution in [2.45, 2.75) is 31.8 Å². The summed E-state index contributed by atoms with van der Waals surface area (Å²) in [4.78, 5) is 15.1. The largest absolute Gasteiger partial charge is 0.485 e. The van der Waals surface area contributed by atoms with Gasteiger partial charge < -0.3 is 19.6 Å². The van der Waals surface area contributed by atoms with Gasteiger partial charge in [-0.3, -0.25) is 4.90 Å². The third kappa shape index (κ3) is 3.73. The zero-order chi connectivity index (χ0) is 22.2. The number of hydrogen-bond donors (Lipinski definition) is 1. The second kappa shape index (κ2) is 8.52. The van der Waals surface area contributed by atoms with E-state index in [1.807, 2.05) is 6.07 Å². The molecule has 3 heterocycles. The molecule has 2 aromatic carbocycles. The van der Waals surface area contributed by atoms with Gasteiger partial charge >= 0.3 is 5.76 Å². The summed E-state index contributed by atoms with van der Waals surface area (Å²) in [7, 11) is 0. The van der Waals surface area contributed by atoms with E-state index in [0.717, 1.165) is 25.9 Å². The maximum absolute atomic E-state index is 12.7. The Morgan fingerprint density at radius 2 is 1.81 bits per heavy atom. The minimum atomic E-state index is -0.493. The smallest absolute Gasteiger partial charge is 0.437 e. The number of likely N-dealkylation sites (tertiary alicyclic amines) is 1. The van der Waals surface area contributed by atoms with Gasteiger partial charge in [-0.25, -0.2) is 4.79 Å². The molecule has 0 radical (unpaired) electrons. The normalized spacial score (nSPS) is 17.9. The molecular weight excluding hydrogens is 432 g/mol. The number of ether oxygens (including phenoxy) is 2. The average molecular weight is 457 g/mol. The highest BCUT2D eigenvalue weighted by molar-refractivity contribution is 6.34. The molecule has 1 fully saturated rings. The van der Waals surface area contributed by atoms with E-state index in [-0.39, 0.29) is 11.9 Å². The van der Waals surface area contributed by atoms with Crippen LogP contribution in [0.15, 0.2) is 45.6 Å². The van der Waals surface area contributed by atoms with Gasteiger partial charge in [0.05, 0.1) is 22.3 Å². The lowest BCUT2D eigenvalue weighted by Crippen LogP contribution is -2.38. The molecule has 2 aliphatic rings. The summed E-state index contributed by atoms with van der Waals surface area (Å²) in [6.07, 6.45) is 1.62. The highest BCUT2D eigenvalue weighted by Gasteiger charge is 2.30. The molecule has 0 spiro atoms. The molecule has 0 saturated carbocycles. The van der Waals surface area contributed by atoms with Crippen LogP contribution in [0.1, 0.15) is 37.4 Å². The van der Waals surface area contributed by atoms with Crippen molar-refractivity contribution in [2.75, 3.05) is 32.0 Å². The summed E-state index contributed by atoms with van der Waals surface area (Å²) in [5.41, 5.74) is 8.07. The zero-order valence-corrected chi connectivity index (χ0v) is 18.5. The SMILES string of the molecule is CC(c1ccccc1)N1CCC(n2nc(-c3cc(Cl)c(N)c4c3OCCO4)oc2=O)CC1. The molecule has 1 atom stereocenters. The third-order valence-corrected chi connectivity index (χ3v) is 6.59. The lowest BCUT2D eigenvalue weighted by atomic mass is 10.0. The van der Waals surface area contributed by atoms with Gasteiger partial charge in [-0.1, -0.05) is 41.9 Å². The topological polar surface area (TPSA) is 95.8 Å². The van der Waals surface area contributed by atoms with Crippen molar-refractivity contribution in [3.05, 3.63) is 57.5 Å². The van der Waals surface area contributed by atoms with E-state index in [2.05, 4.69) is 41.2 Å². The first kappa shape index (κ1) is 20.9. The van der Waals surface area contributed by atoms with Crippen molar-refractivity contribution in [3.63, 3.8) is 0 Å². The summed E-state index contributed by atoms with van der Waals surface area (Å²) >= 11 is 6.27. The molecule has 2 N–H and O–H groups in total.